The van der Waals surface area contributed by atoms with Crippen molar-refractivity contribution in [3.8, 4) is 6.07 Å². The Morgan fingerprint density at radius 2 is 1.50 bits per heavy atom. The standard InChI is InChI=1S/C21H21N3O2.C5H10.C2H6O2S.CH5N/c1-15-2-5-19(12-20(15)23-14-25)21(26)24-10-8-18(9-11-24)17-6-3-16(13-22)4-7-17;1-2-4-5-3-1;1-5(2,3)4;1-2/h2-7,12,14,18H,8-11H2,1H3,(H,23,25);1-5H2;1-2H3;2H2,1H3. The molecule has 1 saturated carbocycles. The maximum absolute atomic E-state index is 12.8. The minimum atomic E-state index is -2.67. The Morgan fingerprint density at radius 1 is 1.00 bits per heavy atom. The summed E-state index contributed by atoms with van der Waals surface area (Å²) in [6.07, 6.45) is 12.3. The predicted octanol–water partition coefficient (Wildman–Crippen LogP) is 4.64. The molecule has 0 unspecified atom stereocenters. The van der Waals surface area contributed by atoms with Crippen LogP contribution in [0.15, 0.2) is 42.5 Å². The minimum absolute atomic E-state index is 0.00257. The van der Waals surface area contributed by atoms with Crippen LogP contribution in [0.3, 0.4) is 0 Å². The molecule has 2 aliphatic rings. The highest BCUT2D eigenvalue weighted by molar-refractivity contribution is 7.89. The van der Waals surface area contributed by atoms with Crippen LogP contribution in [0.1, 0.15) is 77.9 Å². The number of hydrogen-bond acceptors (Lipinski definition) is 6. The molecule has 2 aromatic carbocycles. The summed E-state index contributed by atoms with van der Waals surface area (Å²) in [6.45, 7) is 3.30. The summed E-state index contributed by atoms with van der Waals surface area (Å²) in [5.41, 5.74) is 8.58. The molecule has 2 amide bonds. The van der Waals surface area contributed by atoms with E-state index in [2.05, 4.69) is 17.1 Å². The van der Waals surface area contributed by atoms with Crippen molar-refractivity contribution in [1.29, 1.82) is 5.26 Å². The van der Waals surface area contributed by atoms with Gasteiger partial charge in [0.25, 0.3) is 5.91 Å². The van der Waals surface area contributed by atoms with Gasteiger partial charge in [-0.1, -0.05) is 50.3 Å². The van der Waals surface area contributed by atoms with Gasteiger partial charge in [0, 0.05) is 36.9 Å². The van der Waals surface area contributed by atoms with Gasteiger partial charge >= 0.3 is 0 Å². The number of rotatable bonds is 4. The van der Waals surface area contributed by atoms with Gasteiger partial charge in [0.2, 0.25) is 6.41 Å². The van der Waals surface area contributed by atoms with Gasteiger partial charge in [-0.25, -0.2) is 8.42 Å². The van der Waals surface area contributed by atoms with E-state index in [9.17, 15) is 18.0 Å². The zero-order valence-electron chi connectivity index (χ0n) is 23.1. The average molecular weight is 543 g/mol. The molecule has 1 heterocycles. The molecule has 3 N–H and O–H groups in total. The molecule has 0 bridgehead atoms. The molecule has 0 spiro atoms. The zero-order chi connectivity index (χ0) is 28.6. The number of benzene rings is 2. The van der Waals surface area contributed by atoms with E-state index in [0.717, 1.165) is 30.9 Å². The Bertz CT molecular complexity index is 1130. The van der Waals surface area contributed by atoms with Gasteiger partial charge in [-0.2, -0.15) is 5.26 Å². The first-order valence-corrected chi connectivity index (χ1v) is 15.2. The van der Waals surface area contributed by atoms with Crippen molar-refractivity contribution in [2.75, 3.05) is 38.0 Å². The molecule has 1 aliphatic heterocycles. The summed E-state index contributed by atoms with van der Waals surface area (Å²) in [6, 6.07) is 15.2. The highest BCUT2D eigenvalue weighted by Crippen LogP contribution is 2.29. The lowest BCUT2D eigenvalue weighted by Gasteiger charge is -2.32. The molecular formula is C29H42N4O4S. The molecule has 9 heteroatoms. The number of likely N-dealkylation sites (tertiary alicyclic amines) is 1. The van der Waals surface area contributed by atoms with E-state index in [1.165, 1.54) is 44.7 Å². The molecule has 0 radical (unpaired) electrons. The molecule has 38 heavy (non-hydrogen) atoms. The lowest BCUT2D eigenvalue weighted by atomic mass is 9.89. The fraction of sp³-hybridized carbons (Fsp3) is 0.483. The number of aryl methyl sites for hydroxylation is 1. The van der Waals surface area contributed by atoms with Crippen molar-refractivity contribution >= 4 is 27.8 Å². The Balaban J connectivity index is 0.000000500. The third-order valence-electron chi connectivity index (χ3n) is 6.24. The summed E-state index contributed by atoms with van der Waals surface area (Å²) in [5, 5.41) is 11.5. The van der Waals surface area contributed by atoms with Gasteiger partial charge in [-0.05, 0) is 68.1 Å². The molecule has 4 rings (SSSR count). The quantitative estimate of drug-likeness (QED) is 0.541. The lowest BCUT2D eigenvalue weighted by Crippen LogP contribution is -2.37. The molecule has 2 fully saturated rings. The van der Waals surface area contributed by atoms with Gasteiger partial charge in [-0.3, -0.25) is 9.59 Å². The summed E-state index contributed by atoms with van der Waals surface area (Å²) >= 11 is 0. The van der Waals surface area contributed by atoms with Gasteiger partial charge in [0.15, 0.2) is 0 Å². The summed E-state index contributed by atoms with van der Waals surface area (Å²) < 4.78 is 19.3. The van der Waals surface area contributed by atoms with Crippen LogP contribution in [0.4, 0.5) is 5.69 Å². The highest BCUT2D eigenvalue weighted by Gasteiger charge is 2.25. The average Bonchev–Trinajstić information content (AvgIpc) is 3.51. The number of nitriles is 1. The van der Waals surface area contributed by atoms with E-state index in [4.69, 9.17) is 5.26 Å². The van der Waals surface area contributed by atoms with Gasteiger partial charge in [0.1, 0.15) is 9.84 Å². The molecule has 1 aliphatic carbocycles. The van der Waals surface area contributed by atoms with Crippen molar-refractivity contribution in [1.82, 2.24) is 4.90 Å². The van der Waals surface area contributed by atoms with Crippen molar-refractivity contribution in [3.63, 3.8) is 0 Å². The van der Waals surface area contributed by atoms with Crippen LogP contribution >= 0.6 is 0 Å². The SMILES string of the molecule is C1CCCC1.CN.CS(C)(=O)=O.Cc1ccc(C(=O)N2CCC(c3ccc(C#N)cc3)CC2)cc1NC=O. The van der Waals surface area contributed by atoms with Crippen LogP contribution in [0.25, 0.3) is 0 Å². The summed E-state index contributed by atoms with van der Waals surface area (Å²) in [5.74, 6) is 0.411. The monoisotopic (exact) mass is 542 g/mol. The molecule has 0 aromatic heterocycles. The first-order valence-electron chi connectivity index (χ1n) is 12.9. The van der Waals surface area contributed by atoms with E-state index >= 15 is 0 Å². The lowest BCUT2D eigenvalue weighted by molar-refractivity contribution is -0.105. The third-order valence-corrected chi connectivity index (χ3v) is 6.24. The maximum atomic E-state index is 12.8. The Kier molecular flexibility index (Phi) is 15.0. The number of nitrogens with two attached hydrogens (primary N) is 1. The van der Waals surface area contributed by atoms with Crippen molar-refractivity contribution < 1.29 is 18.0 Å². The second-order valence-electron chi connectivity index (χ2n) is 9.50. The number of nitrogens with zero attached hydrogens (tertiary/aromatic N) is 2. The number of sulfone groups is 1. The second-order valence-corrected chi connectivity index (χ2v) is 11.8. The van der Waals surface area contributed by atoms with E-state index in [0.29, 0.717) is 42.2 Å². The number of hydrogen-bond donors (Lipinski definition) is 2. The van der Waals surface area contributed by atoms with E-state index in [-0.39, 0.29) is 5.91 Å². The molecule has 1 saturated heterocycles. The fourth-order valence-corrected chi connectivity index (χ4v) is 4.29. The number of anilines is 1. The number of amides is 2. The zero-order valence-corrected chi connectivity index (χ0v) is 23.9. The van der Waals surface area contributed by atoms with E-state index < -0.39 is 9.84 Å². The van der Waals surface area contributed by atoms with Crippen LogP contribution in [0.2, 0.25) is 0 Å². The Morgan fingerprint density at radius 3 is 1.95 bits per heavy atom. The maximum Gasteiger partial charge on any atom is 0.253 e. The van der Waals surface area contributed by atoms with Gasteiger partial charge in [0.05, 0.1) is 11.6 Å². The molecular weight excluding hydrogens is 500 g/mol. The first kappa shape index (κ1) is 32.8. The van der Waals surface area contributed by atoms with Gasteiger partial charge in [-0.15, -0.1) is 0 Å². The van der Waals surface area contributed by atoms with E-state index in [1.807, 2.05) is 42.2 Å². The minimum Gasteiger partial charge on any atom is -0.339 e. The molecule has 8 nitrogen and oxygen atoms in total. The predicted molar refractivity (Wildman–Crippen MR) is 154 cm³/mol. The first-order chi connectivity index (χ1) is 18.1. The molecule has 208 valence electrons. The van der Waals surface area contributed by atoms with E-state index in [1.54, 1.807) is 12.1 Å². The van der Waals surface area contributed by atoms with Crippen molar-refractivity contribution in [3.05, 3.63) is 64.7 Å². The van der Waals surface area contributed by atoms with Crippen molar-refractivity contribution in [2.45, 2.75) is 57.8 Å². The summed E-state index contributed by atoms with van der Waals surface area (Å²) in [4.78, 5) is 25.3. The van der Waals surface area contributed by atoms with Gasteiger partial charge < -0.3 is 16.0 Å². The smallest absolute Gasteiger partial charge is 0.253 e. The summed E-state index contributed by atoms with van der Waals surface area (Å²) in [7, 11) is -1.17. The number of nitrogens with one attached hydrogen (secondary N) is 1. The largest absolute Gasteiger partial charge is 0.339 e. The second kappa shape index (κ2) is 17.3. The Hall–Kier alpha value is -3.22. The number of carbonyl (C=O) groups is 2. The molecule has 2 aromatic rings. The fourth-order valence-electron chi connectivity index (χ4n) is 4.29. The van der Waals surface area contributed by atoms with Crippen LogP contribution in [0, 0.1) is 18.3 Å². The number of piperidine rings is 1. The number of carbonyl (C=O) groups excluding carboxylic acids is 2. The highest BCUT2D eigenvalue weighted by atomic mass is 32.2. The topological polar surface area (TPSA) is 133 Å². The normalized spacial score (nSPS) is 14.8. The van der Waals surface area contributed by atoms with Crippen LogP contribution in [-0.2, 0) is 14.6 Å². The van der Waals surface area contributed by atoms with Crippen LogP contribution in [0.5, 0.6) is 0 Å². The molecule has 0 atom stereocenters. The third kappa shape index (κ3) is 12.3. The van der Waals surface area contributed by atoms with Crippen LogP contribution < -0.4 is 11.1 Å². The van der Waals surface area contributed by atoms with Crippen molar-refractivity contribution in [2.24, 2.45) is 5.73 Å². The Labute approximate surface area is 228 Å². The van der Waals surface area contributed by atoms with Crippen LogP contribution in [-0.4, -0.2) is 58.3 Å².